The van der Waals surface area contributed by atoms with Crippen molar-refractivity contribution in [3.63, 3.8) is 0 Å². The highest BCUT2D eigenvalue weighted by molar-refractivity contribution is 5.94. The molecule has 27 heavy (non-hydrogen) atoms. The summed E-state index contributed by atoms with van der Waals surface area (Å²) in [5, 5.41) is 8.58. The smallest absolute Gasteiger partial charge is 0.254 e. The number of hydrogen-bond acceptors (Lipinski definition) is 6. The lowest BCUT2D eigenvalue weighted by molar-refractivity contribution is 0.0561. The summed E-state index contributed by atoms with van der Waals surface area (Å²) in [5.74, 6) is 2.13. The van der Waals surface area contributed by atoms with E-state index < -0.39 is 0 Å². The Morgan fingerprint density at radius 1 is 1.15 bits per heavy atom. The maximum absolute atomic E-state index is 13.1. The largest absolute Gasteiger partial charge is 0.497 e. The molecule has 0 spiro atoms. The van der Waals surface area contributed by atoms with Crippen LogP contribution in [0.2, 0.25) is 0 Å². The molecule has 0 aliphatic carbocycles. The molecule has 7 nitrogen and oxygen atoms in total. The predicted molar refractivity (Wildman–Crippen MR) is 97.7 cm³/mol. The van der Waals surface area contributed by atoms with Crippen molar-refractivity contribution in [3.8, 4) is 5.75 Å². The molecule has 1 aromatic heterocycles. The summed E-state index contributed by atoms with van der Waals surface area (Å²) in [6.45, 7) is 2.15. The normalized spacial score (nSPS) is 21.2. The lowest BCUT2D eigenvalue weighted by Crippen LogP contribution is -2.38. The molecule has 2 fully saturated rings. The molecule has 3 heterocycles. The summed E-state index contributed by atoms with van der Waals surface area (Å²) in [6.07, 6.45) is 4.66. The van der Waals surface area contributed by atoms with Gasteiger partial charge in [0.2, 0.25) is 11.8 Å². The summed E-state index contributed by atoms with van der Waals surface area (Å²) in [4.78, 5) is 15.0. The highest BCUT2D eigenvalue weighted by Crippen LogP contribution is 2.34. The zero-order chi connectivity index (χ0) is 18.6. The quantitative estimate of drug-likeness (QED) is 0.820. The Morgan fingerprint density at radius 3 is 2.78 bits per heavy atom. The first-order valence-corrected chi connectivity index (χ1v) is 9.62. The van der Waals surface area contributed by atoms with Gasteiger partial charge in [-0.25, -0.2) is 0 Å². The van der Waals surface area contributed by atoms with Crippen LogP contribution >= 0.6 is 0 Å². The molecular weight excluding hydrogens is 346 g/mol. The Hall–Kier alpha value is -2.41. The SMILES string of the molecule is COc1cccc(C(=O)N2CCCCC2c2nnc(C3CCOCC3)o2)c1. The van der Waals surface area contributed by atoms with Gasteiger partial charge in [0.1, 0.15) is 11.8 Å². The number of piperidine rings is 1. The first-order valence-electron chi connectivity index (χ1n) is 9.62. The topological polar surface area (TPSA) is 77.7 Å². The van der Waals surface area contributed by atoms with E-state index in [9.17, 15) is 4.79 Å². The number of benzene rings is 1. The van der Waals surface area contributed by atoms with Crippen molar-refractivity contribution in [2.45, 2.75) is 44.1 Å². The summed E-state index contributed by atoms with van der Waals surface area (Å²) < 4.78 is 16.7. The lowest BCUT2D eigenvalue weighted by Gasteiger charge is -2.33. The van der Waals surface area contributed by atoms with Gasteiger partial charge >= 0.3 is 0 Å². The third-order valence-corrected chi connectivity index (χ3v) is 5.39. The zero-order valence-corrected chi connectivity index (χ0v) is 15.6. The fraction of sp³-hybridized carbons (Fsp3) is 0.550. The highest BCUT2D eigenvalue weighted by atomic mass is 16.5. The number of nitrogens with zero attached hydrogens (tertiary/aromatic N) is 3. The van der Waals surface area contributed by atoms with Gasteiger partial charge in [0.25, 0.3) is 5.91 Å². The number of methoxy groups -OCH3 is 1. The Labute approximate surface area is 158 Å². The molecule has 144 valence electrons. The van der Waals surface area contributed by atoms with Crippen LogP contribution in [0.25, 0.3) is 0 Å². The van der Waals surface area contributed by atoms with E-state index in [0.717, 1.165) is 45.3 Å². The molecule has 2 saturated heterocycles. The molecule has 1 amide bonds. The average molecular weight is 371 g/mol. The van der Waals surface area contributed by atoms with Crippen molar-refractivity contribution in [2.24, 2.45) is 0 Å². The summed E-state index contributed by atoms with van der Waals surface area (Å²) in [7, 11) is 1.60. The number of likely N-dealkylation sites (tertiary alicyclic amines) is 1. The Bertz CT molecular complexity index is 785. The molecule has 0 bridgehead atoms. The summed E-state index contributed by atoms with van der Waals surface area (Å²) >= 11 is 0. The predicted octanol–water partition coefficient (Wildman–Crippen LogP) is 3.34. The van der Waals surface area contributed by atoms with Crippen LogP contribution in [0.5, 0.6) is 5.75 Å². The van der Waals surface area contributed by atoms with E-state index in [-0.39, 0.29) is 17.9 Å². The van der Waals surface area contributed by atoms with Gasteiger partial charge in [-0.05, 0) is 50.3 Å². The van der Waals surface area contributed by atoms with Gasteiger partial charge in [-0.15, -0.1) is 10.2 Å². The number of hydrogen-bond donors (Lipinski definition) is 0. The number of carbonyl (C=O) groups is 1. The molecule has 4 rings (SSSR count). The minimum atomic E-state index is -0.168. The second-order valence-electron chi connectivity index (χ2n) is 7.11. The molecule has 1 atom stereocenters. The molecule has 1 unspecified atom stereocenters. The van der Waals surface area contributed by atoms with Gasteiger partial charge in [0.05, 0.1) is 7.11 Å². The Balaban J connectivity index is 1.55. The molecule has 0 N–H and O–H groups in total. The van der Waals surface area contributed by atoms with Crippen molar-refractivity contribution in [2.75, 3.05) is 26.9 Å². The molecule has 1 aromatic carbocycles. The van der Waals surface area contributed by atoms with Gasteiger partial charge < -0.3 is 18.8 Å². The lowest BCUT2D eigenvalue weighted by atomic mass is 10.00. The van der Waals surface area contributed by atoms with Gasteiger partial charge in [-0.2, -0.15) is 0 Å². The fourth-order valence-corrected chi connectivity index (χ4v) is 3.84. The Morgan fingerprint density at radius 2 is 1.96 bits per heavy atom. The third kappa shape index (κ3) is 3.83. The van der Waals surface area contributed by atoms with Crippen molar-refractivity contribution in [3.05, 3.63) is 41.6 Å². The van der Waals surface area contributed by atoms with Crippen LogP contribution in [-0.2, 0) is 4.74 Å². The van der Waals surface area contributed by atoms with Crippen LogP contribution in [0.15, 0.2) is 28.7 Å². The van der Waals surface area contributed by atoms with Gasteiger partial charge in [0.15, 0.2) is 0 Å². The van der Waals surface area contributed by atoms with Crippen LogP contribution < -0.4 is 4.74 Å². The highest BCUT2D eigenvalue weighted by Gasteiger charge is 2.33. The second kappa shape index (κ2) is 8.08. The molecule has 2 aliphatic heterocycles. The van der Waals surface area contributed by atoms with Crippen molar-refractivity contribution in [1.29, 1.82) is 0 Å². The van der Waals surface area contributed by atoms with Crippen LogP contribution in [0, 0.1) is 0 Å². The monoisotopic (exact) mass is 371 g/mol. The van der Waals surface area contributed by atoms with E-state index in [1.165, 1.54) is 0 Å². The van der Waals surface area contributed by atoms with Crippen molar-refractivity contribution in [1.82, 2.24) is 15.1 Å². The van der Waals surface area contributed by atoms with Gasteiger partial charge in [0, 0.05) is 31.2 Å². The number of carbonyl (C=O) groups excluding carboxylic acids is 1. The van der Waals surface area contributed by atoms with E-state index in [4.69, 9.17) is 13.9 Å². The van der Waals surface area contributed by atoms with Crippen LogP contribution in [-0.4, -0.2) is 47.9 Å². The first kappa shape index (κ1) is 18.0. The van der Waals surface area contributed by atoms with Crippen LogP contribution in [0.1, 0.15) is 66.2 Å². The summed E-state index contributed by atoms with van der Waals surface area (Å²) in [6, 6.07) is 7.09. The zero-order valence-electron chi connectivity index (χ0n) is 15.6. The molecule has 0 radical (unpaired) electrons. The molecule has 0 saturated carbocycles. The Kier molecular flexibility index (Phi) is 5.38. The average Bonchev–Trinajstić information content (AvgIpc) is 3.24. The molecular formula is C20H25N3O4. The number of aromatic nitrogens is 2. The fourth-order valence-electron chi connectivity index (χ4n) is 3.84. The van der Waals surface area contributed by atoms with Crippen molar-refractivity contribution >= 4 is 5.91 Å². The van der Waals surface area contributed by atoms with Gasteiger partial charge in [-0.3, -0.25) is 4.79 Å². The van der Waals surface area contributed by atoms with E-state index in [1.54, 1.807) is 13.2 Å². The van der Waals surface area contributed by atoms with E-state index >= 15 is 0 Å². The number of rotatable bonds is 4. The standard InChI is InChI=1S/C20H25N3O4/c1-25-16-6-4-5-15(13-16)20(24)23-10-3-2-7-17(23)19-22-21-18(27-19)14-8-11-26-12-9-14/h4-6,13-14,17H,2-3,7-12H2,1H3. The van der Waals surface area contributed by atoms with Crippen molar-refractivity contribution < 1.29 is 18.7 Å². The first-order chi connectivity index (χ1) is 13.3. The molecule has 2 aromatic rings. The summed E-state index contributed by atoms with van der Waals surface area (Å²) in [5.41, 5.74) is 0.616. The van der Waals surface area contributed by atoms with Gasteiger partial charge in [-0.1, -0.05) is 6.07 Å². The molecule has 2 aliphatic rings. The number of ether oxygens (including phenoxy) is 2. The maximum atomic E-state index is 13.1. The minimum absolute atomic E-state index is 0.0237. The van der Waals surface area contributed by atoms with E-state index in [0.29, 0.717) is 29.6 Å². The van der Waals surface area contributed by atoms with Crippen LogP contribution in [0.3, 0.4) is 0 Å². The third-order valence-electron chi connectivity index (χ3n) is 5.39. The second-order valence-corrected chi connectivity index (χ2v) is 7.11. The van der Waals surface area contributed by atoms with E-state index in [1.807, 2.05) is 23.1 Å². The minimum Gasteiger partial charge on any atom is -0.497 e. The maximum Gasteiger partial charge on any atom is 0.254 e. The molecule has 7 heteroatoms. The van der Waals surface area contributed by atoms with E-state index in [2.05, 4.69) is 10.2 Å². The number of amides is 1. The van der Waals surface area contributed by atoms with Crippen LogP contribution in [0.4, 0.5) is 0 Å².